The molecular formula is C17H20N2O2S2. The van der Waals surface area contributed by atoms with E-state index in [4.69, 9.17) is 0 Å². The Bertz CT molecular complexity index is 679. The summed E-state index contributed by atoms with van der Waals surface area (Å²) in [4.78, 5) is 29.8. The highest BCUT2D eigenvalue weighted by atomic mass is 32.1. The third-order valence-corrected chi connectivity index (χ3v) is 5.90. The van der Waals surface area contributed by atoms with Gasteiger partial charge in [0, 0.05) is 22.8 Å². The van der Waals surface area contributed by atoms with Gasteiger partial charge in [-0.3, -0.25) is 9.59 Å². The Kier molecular flexibility index (Phi) is 5.13. The van der Waals surface area contributed by atoms with E-state index in [0.29, 0.717) is 13.1 Å². The van der Waals surface area contributed by atoms with Gasteiger partial charge >= 0.3 is 0 Å². The van der Waals surface area contributed by atoms with E-state index >= 15 is 0 Å². The van der Waals surface area contributed by atoms with Gasteiger partial charge in [-0.25, -0.2) is 0 Å². The average molecular weight is 348 g/mol. The molecule has 0 aromatic carbocycles. The van der Waals surface area contributed by atoms with Gasteiger partial charge in [-0.2, -0.15) is 0 Å². The second-order valence-corrected chi connectivity index (χ2v) is 8.12. The number of likely N-dealkylation sites (tertiary alicyclic amines) is 1. The summed E-state index contributed by atoms with van der Waals surface area (Å²) in [6, 6.07) is 7.84. The van der Waals surface area contributed by atoms with Gasteiger partial charge in [0.25, 0.3) is 5.91 Å². The molecule has 1 N–H and O–H groups in total. The minimum atomic E-state index is -0.103. The summed E-state index contributed by atoms with van der Waals surface area (Å²) in [6.07, 6.45) is 1.73. The van der Waals surface area contributed by atoms with Gasteiger partial charge in [-0.1, -0.05) is 6.07 Å². The molecule has 3 rings (SSSR count). The number of carbonyl (C=O) groups is 2. The Balaban J connectivity index is 1.55. The van der Waals surface area contributed by atoms with Gasteiger partial charge in [0.2, 0.25) is 5.91 Å². The number of thiophene rings is 2. The number of rotatable bonds is 4. The largest absolute Gasteiger partial charge is 0.351 e. The first-order valence-corrected chi connectivity index (χ1v) is 9.49. The van der Waals surface area contributed by atoms with Gasteiger partial charge in [0.15, 0.2) is 0 Å². The minimum absolute atomic E-state index is 0.0476. The van der Waals surface area contributed by atoms with Crippen LogP contribution in [0.5, 0.6) is 0 Å². The van der Waals surface area contributed by atoms with Crippen molar-refractivity contribution in [3.05, 3.63) is 44.3 Å². The van der Waals surface area contributed by atoms with Crippen molar-refractivity contribution in [2.45, 2.75) is 26.3 Å². The fourth-order valence-electron chi connectivity index (χ4n) is 2.83. The van der Waals surface area contributed by atoms with Crippen molar-refractivity contribution in [2.24, 2.45) is 5.92 Å². The van der Waals surface area contributed by atoms with Gasteiger partial charge < -0.3 is 10.2 Å². The molecule has 3 heterocycles. The van der Waals surface area contributed by atoms with E-state index in [0.717, 1.165) is 29.1 Å². The summed E-state index contributed by atoms with van der Waals surface area (Å²) in [5.74, 6) is -0.000152. The highest BCUT2D eigenvalue weighted by molar-refractivity contribution is 7.12. The molecule has 23 heavy (non-hydrogen) atoms. The van der Waals surface area contributed by atoms with Crippen LogP contribution < -0.4 is 5.32 Å². The van der Waals surface area contributed by atoms with Gasteiger partial charge in [-0.05, 0) is 43.3 Å². The van der Waals surface area contributed by atoms with E-state index in [9.17, 15) is 9.59 Å². The summed E-state index contributed by atoms with van der Waals surface area (Å²) in [6.45, 7) is 3.90. The quantitative estimate of drug-likeness (QED) is 0.922. The first-order chi connectivity index (χ1) is 11.1. The molecule has 1 aliphatic rings. The van der Waals surface area contributed by atoms with E-state index < -0.39 is 0 Å². The van der Waals surface area contributed by atoms with Crippen molar-refractivity contribution < 1.29 is 9.59 Å². The van der Waals surface area contributed by atoms with Crippen LogP contribution in [0.15, 0.2) is 29.6 Å². The number of hydrogen-bond donors (Lipinski definition) is 1. The lowest BCUT2D eigenvalue weighted by Gasteiger charge is -2.31. The Morgan fingerprint density at radius 1 is 1.35 bits per heavy atom. The Labute approximate surface area is 144 Å². The van der Waals surface area contributed by atoms with E-state index in [2.05, 4.69) is 18.3 Å². The lowest BCUT2D eigenvalue weighted by Crippen LogP contribution is -2.45. The fourth-order valence-corrected chi connectivity index (χ4v) is 4.35. The molecular weight excluding hydrogens is 328 g/mol. The van der Waals surface area contributed by atoms with Crippen molar-refractivity contribution in [3.63, 3.8) is 0 Å². The molecule has 122 valence electrons. The van der Waals surface area contributed by atoms with Crippen LogP contribution >= 0.6 is 22.7 Å². The van der Waals surface area contributed by atoms with E-state index in [1.54, 1.807) is 11.3 Å². The van der Waals surface area contributed by atoms with Crippen LogP contribution in [-0.2, 0) is 11.3 Å². The summed E-state index contributed by atoms with van der Waals surface area (Å²) in [5.41, 5.74) is 0. The van der Waals surface area contributed by atoms with Crippen LogP contribution in [-0.4, -0.2) is 29.8 Å². The molecule has 2 aromatic heterocycles. The van der Waals surface area contributed by atoms with Crippen molar-refractivity contribution in [2.75, 3.05) is 13.1 Å². The zero-order valence-corrected chi connectivity index (χ0v) is 14.7. The van der Waals surface area contributed by atoms with Crippen molar-refractivity contribution in [1.82, 2.24) is 10.2 Å². The summed E-state index contributed by atoms with van der Waals surface area (Å²) in [7, 11) is 0. The van der Waals surface area contributed by atoms with Crippen LogP contribution in [0.1, 0.15) is 32.3 Å². The standard InChI is InChI=1S/C17H20N2O2S2/c1-12-6-7-14(23-12)10-18-16(20)13-4-2-8-19(11-13)17(21)15-5-3-9-22-15/h3,5-7,9,13H,2,4,8,10-11H2,1H3,(H,18,20)/t13-/m0/s1. The average Bonchev–Trinajstić information content (AvgIpc) is 3.23. The smallest absolute Gasteiger partial charge is 0.263 e. The van der Waals surface area contributed by atoms with E-state index in [1.165, 1.54) is 16.2 Å². The summed E-state index contributed by atoms with van der Waals surface area (Å²) >= 11 is 3.16. The Morgan fingerprint density at radius 3 is 2.91 bits per heavy atom. The molecule has 2 amide bonds. The van der Waals surface area contributed by atoms with Crippen LogP contribution in [0.25, 0.3) is 0 Å². The molecule has 6 heteroatoms. The van der Waals surface area contributed by atoms with Gasteiger partial charge in [0.1, 0.15) is 0 Å². The summed E-state index contributed by atoms with van der Waals surface area (Å²) < 4.78 is 0. The zero-order valence-electron chi connectivity index (χ0n) is 13.1. The maximum atomic E-state index is 12.4. The van der Waals surface area contributed by atoms with Crippen LogP contribution in [0.3, 0.4) is 0 Å². The Morgan fingerprint density at radius 2 is 2.22 bits per heavy atom. The fraction of sp³-hybridized carbons (Fsp3) is 0.412. The van der Waals surface area contributed by atoms with Gasteiger partial charge in [0.05, 0.1) is 17.3 Å². The Hall–Kier alpha value is -1.66. The maximum absolute atomic E-state index is 12.4. The first-order valence-electron chi connectivity index (χ1n) is 7.79. The van der Waals surface area contributed by atoms with Crippen molar-refractivity contribution in [3.8, 4) is 0 Å². The number of carbonyl (C=O) groups excluding carboxylic acids is 2. The molecule has 0 spiro atoms. The van der Waals surface area contributed by atoms with Crippen molar-refractivity contribution in [1.29, 1.82) is 0 Å². The normalized spacial score (nSPS) is 18.0. The second kappa shape index (κ2) is 7.27. The SMILES string of the molecule is Cc1ccc(CNC(=O)[C@H]2CCCN(C(=O)c3cccs3)C2)s1. The molecule has 0 saturated carbocycles. The lowest BCUT2D eigenvalue weighted by molar-refractivity contribution is -0.126. The number of piperidine rings is 1. The molecule has 0 unspecified atom stereocenters. The van der Waals surface area contributed by atoms with Crippen molar-refractivity contribution >= 4 is 34.5 Å². The number of nitrogens with zero attached hydrogens (tertiary/aromatic N) is 1. The maximum Gasteiger partial charge on any atom is 0.263 e. The molecule has 1 fully saturated rings. The molecule has 0 aliphatic carbocycles. The van der Waals surface area contributed by atoms with Gasteiger partial charge in [-0.15, -0.1) is 22.7 Å². The predicted octanol–water partition coefficient (Wildman–Crippen LogP) is 3.29. The molecule has 0 radical (unpaired) electrons. The highest BCUT2D eigenvalue weighted by Crippen LogP contribution is 2.21. The van der Waals surface area contributed by atoms with E-state index in [-0.39, 0.29) is 17.7 Å². The number of nitrogens with one attached hydrogen (secondary N) is 1. The minimum Gasteiger partial charge on any atom is -0.351 e. The van der Waals surface area contributed by atoms with Crippen LogP contribution in [0, 0.1) is 12.8 Å². The van der Waals surface area contributed by atoms with E-state index in [1.807, 2.05) is 28.5 Å². The highest BCUT2D eigenvalue weighted by Gasteiger charge is 2.29. The molecule has 2 aromatic rings. The van der Waals surface area contributed by atoms with Crippen LogP contribution in [0.4, 0.5) is 0 Å². The molecule has 1 aliphatic heterocycles. The second-order valence-electron chi connectivity index (χ2n) is 5.80. The topological polar surface area (TPSA) is 49.4 Å². The molecule has 4 nitrogen and oxygen atoms in total. The molecule has 1 saturated heterocycles. The number of hydrogen-bond acceptors (Lipinski definition) is 4. The molecule has 0 bridgehead atoms. The number of amides is 2. The third-order valence-electron chi connectivity index (χ3n) is 4.04. The molecule has 1 atom stereocenters. The predicted molar refractivity (Wildman–Crippen MR) is 93.8 cm³/mol. The summed E-state index contributed by atoms with van der Waals surface area (Å²) in [5, 5.41) is 4.92. The monoisotopic (exact) mass is 348 g/mol. The zero-order chi connectivity index (χ0) is 16.2. The lowest BCUT2D eigenvalue weighted by atomic mass is 9.97. The number of aryl methyl sites for hydroxylation is 1. The first kappa shape index (κ1) is 16.2. The van der Waals surface area contributed by atoms with Crippen LogP contribution in [0.2, 0.25) is 0 Å². The third kappa shape index (κ3) is 4.00.